The van der Waals surface area contributed by atoms with Crippen molar-refractivity contribution in [2.75, 3.05) is 5.32 Å². The Balaban J connectivity index is 1.70. The Hall–Kier alpha value is -4.99. The third-order valence-corrected chi connectivity index (χ3v) is 6.39. The van der Waals surface area contributed by atoms with Crippen LogP contribution in [-0.4, -0.2) is 25.6 Å². The zero-order chi connectivity index (χ0) is 23.6. The Morgan fingerprint density at radius 2 is 1.26 bits per heavy atom. The van der Waals surface area contributed by atoms with E-state index in [0.29, 0.717) is 44.2 Å². The first kappa shape index (κ1) is 19.7. The van der Waals surface area contributed by atoms with Crippen molar-refractivity contribution >= 4 is 44.7 Å². The highest BCUT2D eigenvalue weighted by Gasteiger charge is 2.50. The van der Waals surface area contributed by atoms with Gasteiger partial charge in [0.25, 0.3) is 11.4 Å². The maximum absolute atomic E-state index is 14.1. The lowest BCUT2D eigenvalue weighted by Crippen LogP contribution is -2.39. The van der Waals surface area contributed by atoms with Crippen LogP contribution in [0.3, 0.4) is 0 Å². The minimum Gasteiger partial charge on any atom is -0.365 e. The van der Waals surface area contributed by atoms with Crippen LogP contribution in [0.4, 0.5) is 17.1 Å². The third-order valence-electron chi connectivity index (χ3n) is 6.39. The van der Waals surface area contributed by atoms with E-state index in [0.717, 1.165) is 0 Å². The molecule has 10 heteroatoms. The summed E-state index contributed by atoms with van der Waals surface area (Å²) in [5.41, 5.74) is 1.59. The zero-order valence-corrected chi connectivity index (χ0v) is 17.4. The summed E-state index contributed by atoms with van der Waals surface area (Å²) in [6.45, 7) is 0. The van der Waals surface area contributed by atoms with Gasteiger partial charge in [-0.2, -0.15) is 0 Å². The van der Waals surface area contributed by atoms with Gasteiger partial charge in [0, 0.05) is 80.8 Å². The van der Waals surface area contributed by atoms with Gasteiger partial charge < -0.3 is 15.3 Å². The average Bonchev–Trinajstić information content (AvgIpc) is 3.53. The van der Waals surface area contributed by atoms with Gasteiger partial charge in [0.05, 0.1) is 9.85 Å². The van der Waals surface area contributed by atoms with E-state index in [4.69, 9.17) is 0 Å². The lowest BCUT2D eigenvalue weighted by atomic mass is 9.79. The maximum atomic E-state index is 14.1. The third kappa shape index (κ3) is 2.53. The van der Waals surface area contributed by atoms with E-state index in [1.165, 1.54) is 24.3 Å². The molecule has 0 atom stereocenters. The normalized spacial score (nSPS) is 14.3. The number of non-ortho nitro benzene ring substituents is 2. The molecule has 0 radical (unpaired) electrons. The number of fused-ring (bicyclic) bond motifs is 3. The fourth-order valence-corrected chi connectivity index (χ4v) is 4.84. The molecule has 5 aromatic rings. The van der Waals surface area contributed by atoms with Gasteiger partial charge in [-0.05, 0) is 24.3 Å². The number of nitrogens with zero attached hydrogens (tertiary/aromatic N) is 2. The Kier molecular flexibility index (Phi) is 3.91. The first-order chi connectivity index (χ1) is 16.4. The number of carbonyl (C=O) groups is 1. The Labute approximate surface area is 190 Å². The second kappa shape index (κ2) is 6.75. The predicted octanol–water partition coefficient (Wildman–Crippen LogP) is 5.02. The Morgan fingerprint density at radius 1 is 0.735 bits per heavy atom. The molecule has 0 saturated heterocycles. The van der Waals surface area contributed by atoms with Crippen LogP contribution in [0, 0.1) is 20.2 Å². The lowest BCUT2D eigenvalue weighted by Gasteiger charge is -2.28. The average molecular weight is 453 g/mol. The molecule has 0 fully saturated rings. The molecule has 166 valence electrons. The smallest absolute Gasteiger partial charge is 0.270 e. The number of Topliss-reactive ketones (excluding diaryl/α,β-unsaturated/α-hetero) is 1. The molecule has 1 aliphatic heterocycles. The van der Waals surface area contributed by atoms with E-state index in [1.54, 1.807) is 48.8 Å². The Bertz CT molecular complexity index is 1590. The fraction of sp³-hybridized carbons (Fsp3) is 0.0417. The fourth-order valence-electron chi connectivity index (χ4n) is 4.84. The number of aromatic amines is 2. The molecule has 0 aliphatic carbocycles. The minimum absolute atomic E-state index is 0.110. The largest absolute Gasteiger partial charge is 0.365 e. The minimum atomic E-state index is -1.47. The van der Waals surface area contributed by atoms with Gasteiger partial charge in [-0.1, -0.05) is 12.1 Å². The van der Waals surface area contributed by atoms with Crippen LogP contribution < -0.4 is 5.32 Å². The predicted molar refractivity (Wildman–Crippen MR) is 125 cm³/mol. The SMILES string of the molecule is O=C1c2ccccc2NC1(c1c[nH]c2ccc([N+](=O)[O-])cc12)c1c[nH]c2ccc([N+](=O)[O-])cc12. The van der Waals surface area contributed by atoms with Crippen LogP contribution in [0.25, 0.3) is 21.8 Å². The van der Waals surface area contributed by atoms with Crippen molar-refractivity contribution in [2.45, 2.75) is 5.54 Å². The molecule has 0 amide bonds. The summed E-state index contributed by atoms with van der Waals surface area (Å²) in [4.78, 5) is 42.3. The number of hydrogen-bond acceptors (Lipinski definition) is 6. The van der Waals surface area contributed by atoms with Crippen molar-refractivity contribution in [1.29, 1.82) is 0 Å². The summed E-state index contributed by atoms with van der Waals surface area (Å²) in [6.07, 6.45) is 3.31. The molecule has 0 bridgehead atoms. The summed E-state index contributed by atoms with van der Waals surface area (Å²) >= 11 is 0. The van der Waals surface area contributed by atoms with Crippen molar-refractivity contribution in [2.24, 2.45) is 0 Å². The number of nitrogens with one attached hydrogen (secondary N) is 3. The second-order valence-electron chi connectivity index (χ2n) is 8.13. The van der Waals surface area contributed by atoms with Crippen LogP contribution >= 0.6 is 0 Å². The van der Waals surface area contributed by atoms with Crippen LogP contribution in [0.15, 0.2) is 73.1 Å². The second-order valence-corrected chi connectivity index (χ2v) is 8.13. The molecule has 0 spiro atoms. The van der Waals surface area contributed by atoms with E-state index in [2.05, 4.69) is 15.3 Å². The van der Waals surface area contributed by atoms with E-state index in [9.17, 15) is 25.0 Å². The summed E-state index contributed by atoms with van der Waals surface area (Å²) in [5.74, 6) is -0.261. The number of anilines is 1. The molecule has 0 unspecified atom stereocenters. The van der Waals surface area contributed by atoms with Crippen molar-refractivity contribution in [3.8, 4) is 0 Å². The van der Waals surface area contributed by atoms with Crippen LogP contribution in [0.2, 0.25) is 0 Å². The maximum Gasteiger partial charge on any atom is 0.270 e. The molecule has 34 heavy (non-hydrogen) atoms. The molecular weight excluding hydrogens is 438 g/mol. The van der Waals surface area contributed by atoms with Gasteiger partial charge in [0.1, 0.15) is 0 Å². The van der Waals surface area contributed by atoms with Gasteiger partial charge >= 0.3 is 0 Å². The quantitative estimate of drug-likeness (QED) is 0.257. The summed E-state index contributed by atoms with van der Waals surface area (Å²) in [7, 11) is 0. The molecule has 3 heterocycles. The number of hydrogen-bond donors (Lipinski definition) is 3. The molecule has 10 nitrogen and oxygen atoms in total. The highest BCUT2D eigenvalue weighted by atomic mass is 16.6. The number of nitro groups is 2. The number of nitro benzene ring substituents is 2. The monoisotopic (exact) mass is 453 g/mol. The molecule has 2 aromatic heterocycles. The number of rotatable bonds is 4. The molecule has 3 aromatic carbocycles. The zero-order valence-electron chi connectivity index (χ0n) is 17.4. The standard InChI is InChI=1S/C24H15N5O5/c30-23-15-3-1-2-4-22(15)27-24(23,18-11-25-20-7-5-13(28(31)32)9-16(18)20)19-12-26-21-8-6-14(29(33)34)10-17(19)21/h1-12,25-27H. The van der Waals surface area contributed by atoms with Crippen LogP contribution in [0.1, 0.15) is 21.5 Å². The molecule has 0 saturated carbocycles. The topological polar surface area (TPSA) is 147 Å². The first-order valence-corrected chi connectivity index (χ1v) is 10.3. The summed E-state index contributed by atoms with van der Waals surface area (Å²) in [5, 5.41) is 27.3. The highest BCUT2D eigenvalue weighted by molar-refractivity contribution is 6.19. The number of carbonyl (C=O) groups excluding carboxylic acids is 1. The molecule has 1 aliphatic rings. The van der Waals surface area contributed by atoms with Crippen molar-refractivity contribution in [1.82, 2.24) is 9.97 Å². The van der Waals surface area contributed by atoms with Crippen molar-refractivity contribution < 1.29 is 14.6 Å². The molecular formula is C24H15N5O5. The van der Waals surface area contributed by atoms with Crippen LogP contribution in [-0.2, 0) is 5.54 Å². The van der Waals surface area contributed by atoms with E-state index < -0.39 is 15.4 Å². The first-order valence-electron chi connectivity index (χ1n) is 10.3. The number of benzene rings is 3. The summed E-state index contributed by atoms with van der Waals surface area (Å²) < 4.78 is 0. The van der Waals surface area contributed by atoms with Gasteiger partial charge in [-0.3, -0.25) is 25.0 Å². The summed E-state index contributed by atoms with van der Waals surface area (Å²) in [6, 6.07) is 15.9. The van der Waals surface area contributed by atoms with Crippen molar-refractivity contribution in [3.63, 3.8) is 0 Å². The number of ketones is 1. The molecule has 3 N–H and O–H groups in total. The van der Waals surface area contributed by atoms with E-state index in [-0.39, 0.29) is 17.2 Å². The van der Waals surface area contributed by atoms with Gasteiger partial charge in [0.15, 0.2) is 11.3 Å². The van der Waals surface area contributed by atoms with E-state index in [1.807, 2.05) is 0 Å². The van der Waals surface area contributed by atoms with Gasteiger partial charge in [-0.25, -0.2) is 0 Å². The Morgan fingerprint density at radius 3 is 1.76 bits per heavy atom. The highest BCUT2D eigenvalue weighted by Crippen LogP contribution is 2.48. The number of para-hydroxylation sites is 1. The lowest BCUT2D eigenvalue weighted by molar-refractivity contribution is -0.384. The van der Waals surface area contributed by atoms with Crippen molar-refractivity contribution in [3.05, 3.63) is 110 Å². The number of aromatic nitrogens is 2. The number of H-pyrrole nitrogens is 2. The van der Waals surface area contributed by atoms with Gasteiger partial charge in [0.2, 0.25) is 0 Å². The van der Waals surface area contributed by atoms with Crippen LogP contribution in [0.5, 0.6) is 0 Å². The molecule has 6 rings (SSSR count). The van der Waals surface area contributed by atoms with E-state index >= 15 is 0 Å². The van der Waals surface area contributed by atoms with Gasteiger partial charge in [-0.15, -0.1) is 0 Å².